The van der Waals surface area contributed by atoms with E-state index in [4.69, 9.17) is 5.11 Å². The zero-order valence-electron chi connectivity index (χ0n) is 8.59. The van der Waals surface area contributed by atoms with Crippen LogP contribution in [0.25, 0.3) is 0 Å². The second kappa shape index (κ2) is 5.49. The van der Waals surface area contributed by atoms with Crippen molar-refractivity contribution in [3.8, 4) is 0 Å². The first-order valence-corrected chi connectivity index (χ1v) is 4.96. The van der Waals surface area contributed by atoms with E-state index in [2.05, 4.69) is 10.1 Å². The average molecular weight is 241 g/mol. The summed E-state index contributed by atoms with van der Waals surface area (Å²) in [6.07, 6.45) is -3.45. The van der Waals surface area contributed by atoms with Crippen LogP contribution >= 0.6 is 0 Å². The van der Waals surface area contributed by atoms with Gasteiger partial charge < -0.3 is 15.2 Å². The summed E-state index contributed by atoms with van der Waals surface area (Å²) in [4.78, 5) is 11.0. The van der Waals surface area contributed by atoms with Gasteiger partial charge in [0.05, 0.1) is 6.10 Å². The summed E-state index contributed by atoms with van der Waals surface area (Å²) >= 11 is 0. The Morgan fingerprint density at radius 2 is 2.06 bits per heavy atom. The van der Waals surface area contributed by atoms with E-state index in [1.165, 1.54) is 0 Å². The molecule has 1 fully saturated rings. The molecule has 0 radical (unpaired) electrons. The molecule has 0 unspecified atom stereocenters. The quantitative estimate of drug-likeness (QED) is 0.734. The Kier molecular flexibility index (Phi) is 4.55. The van der Waals surface area contributed by atoms with Crippen LogP contribution < -0.4 is 5.32 Å². The third kappa shape index (κ3) is 5.32. The number of hydrogen-bond acceptors (Lipinski definition) is 3. The zero-order chi connectivity index (χ0) is 12.2. The predicted octanol–water partition coefficient (Wildman–Crippen LogP) is 0.452. The van der Waals surface area contributed by atoms with E-state index in [0.717, 1.165) is 0 Å². The van der Waals surface area contributed by atoms with Crippen molar-refractivity contribution >= 4 is 5.91 Å². The molecule has 0 atom stereocenters. The molecule has 0 aromatic heterocycles. The summed E-state index contributed by atoms with van der Waals surface area (Å²) < 4.78 is 39.1. The smallest absolute Gasteiger partial charge is 0.393 e. The highest BCUT2D eigenvalue weighted by Crippen LogP contribution is 2.25. The number of halogens is 3. The van der Waals surface area contributed by atoms with E-state index in [1.54, 1.807) is 0 Å². The second-order valence-electron chi connectivity index (χ2n) is 3.90. The summed E-state index contributed by atoms with van der Waals surface area (Å²) in [5, 5.41) is 11.4. The van der Waals surface area contributed by atoms with Crippen molar-refractivity contribution in [1.82, 2.24) is 5.32 Å². The van der Waals surface area contributed by atoms with E-state index in [9.17, 15) is 18.0 Å². The van der Waals surface area contributed by atoms with Crippen molar-refractivity contribution in [3.63, 3.8) is 0 Å². The van der Waals surface area contributed by atoms with E-state index in [1.807, 2.05) is 0 Å². The fourth-order valence-corrected chi connectivity index (χ4v) is 1.44. The lowest BCUT2D eigenvalue weighted by atomic mass is 9.82. The fraction of sp³-hybridized carbons (Fsp3) is 0.889. The van der Waals surface area contributed by atoms with E-state index >= 15 is 0 Å². The molecule has 16 heavy (non-hydrogen) atoms. The van der Waals surface area contributed by atoms with Crippen LogP contribution in [0.5, 0.6) is 0 Å². The number of rotatable bonds is 5. The third-order valence-electron chi connectivity index (χ3n) is 2.30. The molecule has 0 aliphatic heterocycles. The van der Waals surface area contributed by atoms with E-state index in [0.29, 0.717) is 19.4 Å². The first-order chi connectivity index (χ1) is 7.37. The van der Waals surface area contributed by atoms with Gasteiger partial charge in [-0.15, -0.1) is 0 Å². The number of carbonyl (C=O) groups is 1. The molecule has 1 aliphatic rings. The minimum atomic E-state index is -4.40. The van der Waals surface area contributed by atoms with Crippen molar-refractivity contribution in [2.45, 2.75) is 25.1 Å². The first-order valence-electron chi connectivity index (χ1n) is 4.96. The number of nitrogens with one attached hydrogen (secondary N) is 1. The van der Waals surface area contributed by atoms with Crippen molar-refractivity contribution in [2.24, 2.45) is 5.92 Å². The normalized spacial score (nSPS) is 25.0. The van der Waals surface area contributed by atoms with Gasteiger partial charge in [0.25, 0.3) is 0 Å². The van der Waals surface area contributed by atoms with Crippen LogP contribution in [0, 0.1) is 5.92 Å². The largest absolute Gasteiger partial charge is 0.411 e. The van der Waals surface area contributed by atoms with Crippen LogP contribution in [-0.2, 0) is 9.53 Å². The minimum Gasteiger partial charge on any atom is -0.393 e. The number of aliphatic hydroxyl groups excluding tert-OH is 1. The van der Waals surface area contributed by atoms with Gasteiger partial charge in [0.1, 0.15) is 13.2 Å². The number of hydrogen-bond donors (Lipinski definition) is 2. The van der Waals surface area contributed by atoms with Crippen LogP contribution in [0.2, 0.25) is 0 Å². The summed E-state index contributed by atoms with van der Waals surface area (Å²) in [6.45, 7) is -1.62. The summed E-state index contributed by atoms with van der Waals surface area (Å²) in [5.41, 5.74) is 0. The maximum absolute atomic E-state index is 11.6. The van der Waals surface area contributed by atoms with Gasteiger partial charge in [-0.05, 0) is 18.8 Å². The number of alkyl halides is 3. The lowest BCUT2D eigenvalue weighted by Gasteiger charge is -2.31. The molecule has 0 spiro atoms. The van der Waals surface area contributed by atoms with Gasteiger partial charge in [0, 0.05) is 6.54 Å². The Bertz CT molecular complexity index is 239. The lowest BCUT2D eigenvalue weighted by Crippen LogP contribution is -2.39. The predicted molar refractivity (Wildman–Crippen MR) is 48.6 cm³/mol. The molecule has 7 heteroatoms. The maximum Gasteiger partial charge on any atom is 0.411 e. The Labute approximate surface area is 90.8 Å². The Morgan fingerprint density at radius 3 is 2.56 bits per heavy atom. The van der Waals surface area contributed by atoms with Gasteiger partial charge in [0.2, 0.25) is 5.91 Å². The van der Waals surface area contributed by atoms with Crippen molar-refractivity contribution < 1.29 is 27.8 Å². The van der Waals surface area contributed by atoms with Crippen molar-refractivity contribution in [1.29, 1.82) is 0 Å². The van der Waals surface area contributed by atoms with E-state index in [-0.39, 0.29) is 12.0 Å². The van der Waals surface area contributed by atoms with Crippen molar-refractivity contribution in [3.05, 3.63) is 0 Å². The molecule has 1 rings (SSSR count). The van der Waals surface area contributed by atoms with Gasteiger partial charge in [0.15, 0.2) is 0 Å². The SMILES string of the molecule is O=C(COCC(F)(F)F)NCC1CC(O)C1. The highest BCUT2D eigenvalue weighted by atomic mass is 19.4. The van der Waals surface area contributed by atoms with Crippen LogP contribution in [-0.4, -0.2) is 43.1 Å². The number of amides is 1. The molecule has 0 aromatic carbocycles. The Balaban J connectivity index is 1.99. The molecule has 1 saturated carbocycles. The van der Waals surface area contributed by atoms with Crippen LogP contribution in [0.15, 0.2) is 0 Å². The number of carbonyl (C=O) groups excluding carboxylic acids is 1. The van der Waals surface area contributed by atoms with Crippen molar-refractivity contribution in [2.75, 3.05) is 19.8 Å². The van der Waals surface area contributed by atoms with Crippen LogP contribution in [0.3, 0.4) is 0 Å². The molecule has 0 bridgehead atoms. The maximum atomic E-state index is 11.6. The second-order valence-corrected chi connectivity index (χ2v) is 3.90. The Hall–Kier alpha value is -0.820. The number of ether oxygens (including phenoxy) is 1. The molecule has 1 amide bonds. The first kappa shape index (κ1) is 13.2. The van der Waals surface area contributed by atoms with Gasteiger partial charge in [-0.1, -0.05) is 0 Å². The third-order valence-corrected chi connectivity index (χ3v) is 2.30. The summed E-state index contributed by atoms with van der Waals surface area (Å²) in [7, 11) is 0. The van der Waals surface area contributed by atoms with Gasteiger partial charge in [-0.2, -0.15) is 13.2 Å². The summed E-state index contributed by atoms with van der Waals surface area (Å²) in [5.74, 6) is -0.341. The van der Waals surface area contributed by atoms with Gasteiger partial charge in [-0.25, -0.2) is 0 Å². The van der Waals surface area contributed by atoms with Crippen LogP contribution in [0.1, 0.15) is 12.8 Å². The monoisotopic (exact) mass is 241 g/mol. The molecular weight excluding hydrogens is 227 g/mol. The van der Waals surface area contributed by atoms with Gasteiger partial charge >= 0.3 is 6.18 Å². The Morgan fingerprint density at radius 1 is 1.44 bits per heavy atom. The molecule has 0 aromatic rings. The molecule has 1 aliphatic carbocycles. The van der Waals surface area contributed by atoms with Gasteiger partial charge in [-0.3, -0.25) is 4.79 Å². The fourth-order valence-electron chi connectivity index (χ4n) is 1.44. The number of aliphatic hydroxyl groups is 1. The molecule has 94 valence electrons. The zero-order valence-corrected chi connectivity index (χ0v) is 8.59. The van der Waals surface area contributed by atoms with Crippen LogP contribution in [0.4, 0.5) is 13.2 Å². The lowest BCUT2D eigenvalue weighted by molar-refractivity contribution is -0.175. The molecule has 0 saturated heterocycles. The molecular formula is C9H14F3NO3. The standard InChI is InChI=1S/C9H14F3NO3/c10-9(11,12)5-16-4-8(15)13-3-6-1-7(14)2-6/h6-7,14H,1-5H2,(H,13,15). The molecule has 4 nitrogen and oxygen atoms in total. The highest BCUT2D eigenvalue weighted by Gasteiger charge is 2.29. The summed E-state index contributed by atoms with van der Waals surface area (Å²) in [6, 6.07) is 0. The van der Waals surface area contributed by atoms with E-state index < -0.39 is 25.3 Å². The average Bonchev–Trinajstić information content (AvgIpc) is 2.08. The minimum absolute atomic E-state index is 0.224. The highest BCUT2D eigenvalue weighted by molar-refractivity contribution is 5.77. The topological polar surface area (TPSA) is 58.6 Å². The molecule has 2 N–H and O–H groups in total. The molecule has 0 heterocycles.